The van der Waals surface area contributed by atoms with Gasteiger partial charge in [-0.05, 0) is 31.0 Å². The van der Waals surface area contributed by atoms with Crippen LogP contribution in [0, 0.1) is 5.92 Å². The molecule has 1 aromatic carbocycles. The molecule has 1 N–H and O–H groups in total. The van der Waals surface area contributed by atoms with E-state index in [2.05, 4.69) is 24.1 Å². The fraction of sp³-hybridized carbons (Fsp3) is 0.462. The average molecular weight is 288 g/mol. The van der Waals surface area contributed by atoms with Crippen molar-refractivity contribution in [3.63, 3.8) is 0 Å². The van der Waals surface area contributed by atoms with E-state index in [-0.39, 0.29) is 6.04 Å². The number of benzene rings is 1. The van der Waals surface area contributed by atoms with Crippen molar-refractivity contribution in [3.05, 3.63) is 23.8 Å². The second kappa shape index (κ2) is 5.00. The predicted molar refractivity (Wildman–Crippen MR) is 72.5 cm³/mol. The Hall–Kier alpha value is -1.30. The minimum Gasteiger partial charge on any atom is -0.359 e. The largest absolute Gasteiger partial charge is 0.416 e. The zero-order valence-corrected chi connectivity index (χ0v) is 11.7. The molecule has 0 amide bonds. The summed E-state index contributed by atoms with van der Waals surface area (Å²) < 4.78 is 38.6. The summed E-state index contributed by atoms with van der Waals surface area (Å²) in [6, 6.07) is 3.89. The van der Waals surface area contributed by atoms with Gasteiger partial charge in [0, 0.05) is 6.04 Å². The van der Waals surface area contributed by atoms with Crippen molar-refractivity contribution in [1.29, 1.82) is 0 Å². The van der Waals surface area contributed by atoms with Crippen LogP contribution in [-0.4, -0.2) is 11.0 Å². The fourth-order valence-electron chi connectivity index (χ4n) is 1.53. The van der Waals surface area contributed by atoms with Crippen LogP contribution < -0.4 is 5.32 Å². The van der Waals surface area contributed by atoms with Crippen LogP contribution in [0.1, 0.15) is 26.3 Å². The van der Waals surface area contributed by atoms with Gasteiger partial charge in [0.15, 0.2) is 5.13 Å². The second-order valence-corrected chi connectivity index (χ2v) is 5.91. The summed E-state index contributed by atoms with van der Waals surface area (Å²) in [5, 5.41) is 3.88. The van der Waals surface area contributed by atoms with Gasteiger partial charge in [0.2, 0.25) is 0 Å². The normalized spacial score (nSPS) is 14.1. The molecule has 0 spiro atoms. The third-order valence-corrected chi connectivity index (χ3v) is 4.03. The van der Waals surface area contributed by atoms with E-state index < -0.39 is 11.7 Å². The fourth-order valence-corrected chi connectivity index (χ4v) is 2.47. The van der Waals surface area contributed by atoms with E-state index in [9.17, 15) is 13.2 Å². The van der Waals surface area contributed by atoms with Gasteiger partial charge in [0.1, 0.15) is 0 Å². The molecule has 0 saturated heterocycles. The van der Waals surface area contributed by atoms with Gasteiger partial charge in [0.25, 0.3) is 0 Å². The maximum atomic E-state index is 12.6. The second-order valence-electron chi connectivity index (χ2n) is 4.88. The maximum Gasteiger partial charge on any atom is 0.416 e. The Labute approximate surface area is 113 Å². The third kappa shape index (κ3) is 3.18. The van der Waals surface area contributed by atoms with E-state index in [1.807, 2.05) is 6.92 Å². The van der Waals surface area contributed by atoms with Gasteiger partial charge in [0.05, 0.1) is 15.8 Å². The molecular formula is C13H15F3N2S. The zero-order chi connectivity index (χ0) is 14.2. The van der Waals surface area contributed by atoms with Crippen molar-refractivity contribution in [2.24, 2.45) is 5.92 Å². The highest BCUT2D eigenvalue weighted by atomic mass is 32.1. The molecule has 6 heteroatoms. The van der Waals surface area contributed by atoms with Crippen molar-refractivity contribution in [2.45, 2.75) is 33.0 Å². The highest BCUT2D eigenvalue weighted by Crippen LogP contribution is 2.34. The Morgan fingerprint density at radius 1 is 1.21 bits per heavy atom. The van der Waals surface area contributed by atoms with E-state index in [0.29, 0.717) is 16.6 Å². The summed E-state index contributed by atoms with van der Waals surface area (Å²) in [5.41, 5.74) is -0.271. The summed E-state index contributed by atoms with van der Waals surface area (Å²) in [6.07, 6.45) is -4.32. The van der Waals surface area contributed by atoms with Crippen LogP contribution in [0.15, 0.2) is 18.2 Å². The van der Waals surface area contributed by atoms with Crippen molar-refractivity contribution in [1.82, 2.24) is 4.98 Å². The first-order valence-corrected chi connectivity index (χ1v) is 6.83. The van der Waals surface area contributed by atoms with Gasteiger partial charge in [-0.2, -0.15) is 13.2 Å². The minimum absolute atomic E-state index is 0.225. The van der Waals surface area contributed by atoms with Crippen molar-refractivity contribution in [2.75, 3.05) is 5.32 Å². The first-order chi connectivity index (χ1) is 8.77. The van der Waals surface area contributed by atoms with Crippen molar-refractivity contribution < 1.29 is 13.2 Å². The molecule has 0 aliphatic carbocycles. The van der Waals surface area contributed by atoms with Crippen LogP contribution in [-0.2, 0) is 6.18 Å². The summed E-state index contributed by atoms with van der Waals surface area (Å²) in [6.45, 7) is 6.18. The molecule has 1 unspecified atom stereocenters. The molecule has 2 nitrogen and oxygen atoms in total. The molecule has 0 saturated carbocycles. The molecule has 1 heterocycles. The molecule has 1 aromatic heterocycles. The molecular weight excluding hydrogens is 273 g/mol. The van der Waals surface area contributed by atoms with Crippen LogP contribution in [0.4, 0.5) is 18.3 Å². The smallest absolute Gasteiger partial charge is 0.359 e. The number of anilines is 1. The number of rotatable bonds is 3. The number of alkyl halides is 3. The van der Waals surface area contributed by atoms with Crippen molar-refractivity contribution >= 4 is 26.7 Å². The highest BCUT2D eigenvalue weighted by molar-refractivity contribution is 7.22. The van der Waals surface area contributed by atoms with Gasteiger partial charge in [-0.15, -0.1) is 0 Å². The van der Waals surface area contributed by atoms with Crippen LogP contribution in [0.3, 0.4) is 0 Å². The molecule has 2 rings (SSSR count). The maximum absolute atomic E-state index is 12.6. The van der Waals surface area contributed by atoms with Crippen LogP contribution in [0.2, 0.25) is 0 Å². The van der Waals surface area contributed by atoms with E-state index in [4.69, 9.17) is 0 Å². The Morgan fingerprint density at radius 3 is 2.47 bits per heavy atom. The number of nitrogens with one attached hydrogen (secondary N) is 1. The van der Waals surface area contributed by atoms with E-state index in [1.54, 1.807) is 0 Å². The monoisotopic (exact) mass is 288 g/mol. The van der Waals surface area contributed by atoms with E-state index in [1.165, 1.54) is 17.4 Å². The topological polar surface area (TPSA) is 24.9 Å². The number of thiazole rings is 1. The molecule has 0 bridgehead atoms. The van der Waals surface area contributed by atoms with Gasteiger partial charge < -0.3 is 5.32 Å². The molecule has 1 atom stereocenters. The number of nitrogens with zero attached hydrogens (tertiary/aromatic N) is 1. The quantitative estimate of drug-likeness (QED) is 0.879. The van der Waals surface area contributed by atoms with Gasteiger partial charge in [-0.3, -0.25) is 0 Å². The summed E-state index contributed by atoms with van der Waals surface area (Å²) in [5.74, 6) is 0.428. The number of fused-ring (bicyclic) bond motifs is 1. The Bertz CT molecular complexity index is 575. The number of hydrogen-bond acceptors (Lipinski definition) is 3. The van der Waals surface area contributed by atoms with Crippen LogP contribution >= 0.6 is 11.3 Å². The first-order valence-electron chi connectivity index (χ1n) is 6.01. The molecule has 0 aliphatic rings. The molecule has 19 heavy (non-hydrogen) atoms. The minimum atomic E-state index is -4.32. The Kier molecular flexibility index (Phi) is 3.71. The molecule has 104 valence electrons. The standard InChI is InChI=1S/C13H15F3N2S/c1-7(2)8(3)17-12-18-10-6-9(13(14,15)16)4-5-11(10)19-12/h4-8H,1-3H3,(H,17,18). The first kappa shape index (κ1) is 14.1. The van der Waals surface area contributed by atoms with Gasteiger partial charge in [-0.25, -0.2) is 4.98 Å². The van der Waals surface area contributed by atoms with E-state index in [0.717, 1.165) is 16.8 Å². The molecule has 0 aliphatic heterocycles. The summed E-state index contributed by atoms with van der Waals surface area (Å²) in [4.78, 5) is 4.22. The van der Waals surface area contributed by atoms with E-state index >= 15 is 0 Å². The van der Waals surface area contributed by atoms with Crippen LogP contribution in [0.25, 0.3) is 10.2 Å². The van der Waals surface area contributed by atoms with Crippen LogP contribution in [0.5, 0.6) is 0 Å². The molecule has 0 radical (unpaired) electrons. The summed E-state index contributed by atoms with van der Waals surface area (Å²) >= 11 is 1.37. The SMILES string of the molecule is CC(C)C(C)Nc1nc2cc(C(F)(F)F)ccc2s1. The molecule has 2 aromatic rings. The number of aromatic nitrogens is 1. The summed E-state index contributed by atoms with van der Waals surface area (Å²) in [7, 11) is 0. The Balaban J connectivity index is 2.31. The van der Waals surface area contributed by atoms with Crippen molar-refractivity contribution in [3.8, 4) is 0 Å². The average Bonchev–Trinajstić information content (AvgIpc) is 2.68. The zero-order valence-electron chi connectivity index (χ0n) is 10.9. The lowest BCUT2D eigenvalue weighted by molar-refractivity contribution is -0.137. The lowest BCUT2D eigenvalue weighted by Gasteiger charge is -2.16. The lowest BCUT2D eigenvalue weighted by Crippen LogP contribution is -2.21. The Morgan fingerprint density at radius 2 is 1.89 bits per heavy atom. The van der Waals surface area contributed by atoms with Gasteiger partial charge in [-0.1, -0.05) is 25.2 Å². The number of hydrogen-bond donors (Lipinski definition) is 1. The molecule has 0 fully saturated rings. The predicted octanol–water partition coefficient (Wildman–Crippen LogP) is 4.77. The highest BCUT2D eigenvalue weighted by Gasteiger charge is 2.30. The van der Waals surface area contributed by atoms with Gasteiger partial charge >= 0.3 is 6.18 Å². The lowest BCUT2D eigenvalue weighted by atomic mass is 10.1. The third-order valence-electron chi connectivity index (χ3n) is 3.07. The number of halogens is 3.